The first kappa shape index (κ1) is 28.9. The van der Waals surface area contributed by atoms with Crippen LogP contribution in [0.25, 0.3) is 6.08 Å². The number of hydrogen-bond donors (Lipinski definition) is 3. The molecule has 1 aromatic rings. The molecule has 1 unspecified atom stereocenters. The van der Waals surface area contributed by atoms with Crippen LogP contribution in [0.4, 0.5) is 0 Å². The van der Waals surface area contributed by atoms with Gasteiger partial charge in [0.1, 0.15) is 0 Å². The highest BCUT2D eigenvalue weighted by Gasteiger charge is 2.64. The summed E-state index contributed by atoms with van der Waals surface area (Å²) in [5, 5.41) is 31.7. The van der Waals surface area contributed by atoms with Gasteiger partial charge < -0.3 is 15.3 Å². The number of allylic oxidation sites excluding steroid dienone is 1. The normalized spacial score (nSPS) is 43.4. The van der Waals surface area contributed by atoms with Gasteiger partial charge in [0.25, 0.3) is 0 Å². The van der Waals surface area contributed by atoms with E-state index in [0.717, 1.165) is 43.2 Å². The molecule has 0 bridgehead atoms. The Balaban J connectivity index is 1.29. The van der Waals surface area contributed by atoms with Gasteiger partial charge in [0.05, 0.1) is 18.1 Å². The molecule has 0 saturated heterocycles. The molecule has 0 radical (unpaired) electrons. The highest BCUT2D eigenvalue weighted by atomic mass is 16.4. The minimum Gasteiger partial charge on any atom is -0.481 e. The molecule has 0 heterocycles. The van der Waals surface area contributed by atoms with E-state index in [-0.39, 0.29) is 17.6 Å². The van der Waals surface area contributed by atoms with Crippen molar-refractivity contribution in [1.82, 2.24) is 0 Å². The van der Waals surface area contributed by atoms with Gasteiger partial charge in [-0.05, 0) is 122 Å². The molecule has 39 heavy (non-hydrogen) atoms. The molecule has 4 aliphatic rings. The zero-order valence-corrected chi connectivity index (χ0v) is 24.9. The molecule has 4 nitrogen and oxygen atoms in total. The van der Waals surface area contributed by atoms with Crippen LogP contribution in [0.5, 0.6) is 0 Å². The summed E-state index contributed by atoms with van der Waals surface area (Å²) in [7, 11) is 0. The second kappa shape index (κ2) is 11.0. The van der Waals surface area contributed by atoms with Crippen LogP contribution in [0.2, 0.25) is 0 Å². The Labute approximate surface area is 236 Å². The summed E-state index contributed by atoms with van der Waals surface area (Å²) >= 11 is 0. The number of aliphatic hydroxyl groups excluding tert-OH is 2. The summed E-state index contributed by atoms with van der Waals surface area (Å²) in [6.45, 7) is 11.5. The number of rotatable bonds is 7. The minimum absolute atomic E-state index is 0.189. The number of aliphatic hydroxyl groups is 2. The predicted molar refractivity (Wildman–Crippen MR) is 157 cm³/mol. The first-order chi connectivity index (χ1) is 18.5. The third-order valence-corrected chi connectivity index (χ3v) is 12.8. The second-order valence-corrected chi connectivity index (χ2v) is 14.5. The van der Waals surface area contributed by atoms with E-state index in [1.165, 1.54) is 25.7 Å². The van der Waals surface area contributed by atoms with Crippen molar-refractivity contribution in [3.8, 4) is 0 Å². The van der Waals surface area contributed by atoms with Crippen molar-refractivity contribution in [2.45, 2.75) is 111 Å². The van der Waals surface area contributed by atoms with Crippen molar-refractivity contribution in [2.24, 2.45) is 52.3 Å². The molecule has 0 aliphatic heterocycles. The topological polar surface area (TPSA) is 77.8 Å². The van der Waals surface area contributed by atoms with E-state index < -0.39 is 11.9 Å². The zero-order valence-electron chi connectivity index (χ0n) is 24.9. The summed E-state index contributed by atoms with van der Waals surface area (Å²) in [6, 6.07) is 7.91. The first-order valence-electron chi connectivity index (χ1n) is 15.9. The molecule has 4 fully saturated rings. The van der Waals surface area contributed by atoms with Gasteiger partial charge in [-0.25, -0.2) is 0 Å². The van der Waals surface area contributed by atoms with Crippen LogP contribution in [0.3, 0.4) is 0 Å². The van der Waals surface area contributed by atoms with Crippen molar-refractivity contribution in [3.05, 3.63) is 41.5 Å². The Morgan fingerprint density at radius 2 is 1.64 bits per heavy atom. The molecule has 1 aromatic carbocycles. The summed E-state index contributed by atoms with van der Waals surface area (Å²) in [6.07, 6.45) is 14.1. The Hall–Kier alpha value is -1.65. The van der Waals surface area contributed by atoms with Crippen molar-refractivity contribution in [1.29, 1.82) is 0 Å². The molecule has 12 atom stereocenters. The number of carboxylic acid groups (broad SMARTS) is 1. The molecule has 0 amide bonds. The Morgan fingerprint density at radius 3 is 2.31 bits per heavy atom. The van der Waals surface area contributed by atoms with Crippen LogP contribution in [-0.4, -0.2) is 33.5 Å². The molecule has 3 N–H and O–H groups in total. The number of hydrogen-bond acceptors (Lipinski definition) is 3. The van der Waals surface area contributed by atoms with Crippen LogP contribution in [0, 0.1) is 52.3 Å². The third kappa shape index (κ3) is 4.92. The lowest BCUT2D eigenvalue weighted by atomic mass is 9.41. The number of carbonyl (C=O) groups is 1. The lowest BCUT2D eigenvalue weighted by molar-refractivity contribution is -0.203. The van der Waals surface area contributed by atoms with Gasteiger partial charge in [-0.1, -0.05) is 70.5 Å². The molecule has 5 rings (SSSR count). The number of fused-ring (bicyclic) bond motifs is 5. The molecule has 216 valence electrons. The van der Waals surface area contributed by atoms with Crippen LogP contribution < -0.4 is 0 Å². The van der Waals surface area contributed by atoms with E-state index >= 15 is 0 Å². The fourth-order valence-electron chi connectivity index (χ4n) is 10.6. The second-order valence-electron chi connectivity index (χ2n) is 14.5. The first-order valence-corrected chi connectivity index (χ1v) is 15.9. The maximum Gasteiger partial charge on any atom is 0.310 e. The molecule has 0 spiro atoms. The minimum atomic E-state index is -0.790. The quantitative estimate of drug-likeness (QED) is 0.336. The van der Waals surface area contributed by atoms with Crippen LogP contribution >= 0.6 is 0 Å². The average molecular weight is 537 g/mol. The van der Waals surface area contributed by atoms with E-state index in [0.29, 0.717) is 46.8 Å². The zero-order chi connectivity index (χ0) is 28.1. The van der Waals surface area contributed by atoms with Gasteiger partial charge in [0, 0.05) is 0 Å². The van der Waals surface area contributed by atoms with Crippen molar-refractivity contribution < 1.29 is 20.1 Å². The van der Waals surface area contributed by atoms with Gasteiger partial charge in [0.2, 0.25) is 0 Å². The number of carboxylic acids is 1. The fraction of sp³-hybridized carbons (Fsp3) is 0.743. The Bertz CT molecular complexity index is 1050. The van der Waals surface area contributed by atoms with Crippen molar-refractivity contribution in [2.75, 3.05) is 0 Å². The molecule has 4 heteroatoms. The maximum atomic E-state index is 11.9. The summed E-state index contributed by atoms with van der Waals surface area (Å²) in [4.78, 5) is 11.3. The molecule has 4 aliphatic carbocycles. The van der Waals surface area contributed by atoms with Gasteiger partial charge in [-0.2, -0.15) is 0 Å². The number of aliphatic carboxylic acids is 1. The van der Waals surface area contributed by atoms with Crippen LogP contribution in [-0.2, 0) is 4.79 Å². The van der Waals surface area contributed by atoms with Crippen molar-refractivity contribution >= 4 is 12.0 Å². The van der Waals surface area contributed by atoms with Crippen LogP contribution in [0.1, 0.15) is 109 Å². The molecular weight excluding hydrogens is 484 g/mol. The van der Waals surface area contributed by atoms with Gasteiger partial charge in [0.15, 0.2) is 0 Å². The van der Waals surface area contributed by atoms with Gasteiger partial charge >= 0.3 is 5.97 Å². The standard InChI is InChI=1S/C35H52O4/c1-6-26-30-20-25(36)16-18-35(30,5)29-17-19-34(4)27(14-15-28(34)31(29)32(26)37)21(2)8-7-9-23-10-12-24(13-11-23)22(3)33(38)39/h7,9-13,21-22,25-32,36-37H,6,8,14-20H2,1-5H3,(H,38,39)/b9-7+/t21-,22?,25-,26-,27-,28+,29+,30+,31+,32-,34-,35-/m1/s1. The SMILES string of the molecule is CC[C@H]1[C@@H](O)[C@@H]2[C@H](CC[C@]3(C)[C@@H]([C@H](C)C/C=C/c4ccc(C(C)C(=O)O)cc4)CC[C@@H]23)[C@@]2(C)CC[C@@H](O)C[C@@H]12. The van der Waals surface area contributed by atoms with Crippen molar-refractivity contribution in [3.63, 3.8) is 0 Å². The summed E-state index contributed by atoms with van der Waals surface area (Å²) < 4.78 is 0. The molecule has 4 saturated carbocycles. The fourth-order valence-corrected chi connectivity index (χ4v) is 10.6. The predicted octanol–water partition coefficient (Wildman–Crippen LogP) is 7.54. The van der Waals surface area contributed by atoms with E-state index in [4.69, 9.17) is 0 Å². The van der Waals surface area contributed by atoms with E-state index in [1.807, 2.05) is 24.3 Å². The van der Waals surface area contributed by atoms with Gasteiger partial charge in [-0.3, -0.25) is 4.79 Å². The summed E-state index contributed by atoms with van der Waals surface area (Å²) in [5.41, 5.74) is 2.51. The summed E-state index contributed by atoms with van der Waals surface area (Å²) in [5.74, 6) is 2.37. The molecule has 0 aromatic heterocycles. The van der Waals surface area contributed by atoms with Gasteiger partial charge in [-0.15, -0.1) is 0 Å². The average Bonchev–Trinajstić information content (AvgIpc) is 3.27. The van der Waals surface area contributed by atoms with Crippen LogP contribution in [0.15, 0.2) is 30.3 Å². The maximum absolute atomic E-state index is 11.9. The number of benzene rings is 1. The largest absolute Gasteiger partial charge is 0.481 e. The molecular formula is C35H52O4. The Kier molecular flexibility index (Phi) is 8.12. The smallest absolute Gasteiger partial charge is 0.310 e. The lowest BCUT2D eigenvalue weighted by Gasteiger charge is -2.64. The van der Waals surface area contributed by atoms with E-state index in [9.17, 15) is 20.1 Å². The highest BCUT2D eigenvalue weighted by Crippen LogP contribution is 2.69. The third-order valence-electron chi connectivity index (χ3n) is 12.8. The highest BCUT2D eigenvalue weighted by molar-refractivity contribution is 5.75. The van der Waals surface area contributed by atoms with E-state index in [2.05, 4.69) is 39.8 Å². The monoisotopic (exact) mass is 536 g/mol. The van der Waals surface area contributed by atoms with E-state index in [1.54, 1.807) is 6.92 Å². The Morgan fingerprint density at radius 1 is 0.974 bits per heavy atom. The lowest BCUT2D eigenvalue weighted by Crippen LogP contribution is -2.62.